The Labute approximate surface area is 204 Å². The van der Waals surface area contributed by atoms with Crippen LogP contribution in [-0.4, -0.2) is 58.0 Å². The molecule has 4 heterocycles. The van der Waals surface area contributed by atoms with Gasteiger partial charge in [-0.1, -0.05) is 6.07 Å². The summed E-state index contributed by atoms with van der Waals surface area (Å²) in [7, 11) is 0. The number of aromatic hydroxyl groups is 1. The van der Waals surface area contributed by atoms with E-state index in [0.717, 1.165) is 31.4 Å². The van der Waals surface area contributed by atoms with Crippen molar-refractivity contribution in [3.05, 3.63) is 63.1 Å². The van der Waals surface area contributed by atoms with Crippen molar-refractivity contribution in [2.24, 2.45) is 0 Å². The van der Waals surface area contributed by atoms with Crippen molar-refractivity contribution in [2.45, 2.75) is 62.6 Å². The van der Waals surface area contributed by atoms with Crippen molar-refractivity contribution in [3.63, 3.8) is 0 Å². The van der Waals surface area contributed by atoms with Crippen LogP contribution >= 0.6 is 0 Å². The third kappa shape index (κ3) is 3.52. The first kappa shape index (κ1) is 23.1. The van der Waals surface area contributed by atoms with Gasteiger partial charge in [-0.05, 0) is 38.2 Å². The number of nitrogens with zero attached hydrogens (tertiary/aromatic N) is 2. The van der Waals surface area contributed by atoms with E-state index in [9.17, 15) is 28.3 Å². The van der Waals surface area contributed by atoms with Gasteiger partial charge in [0.05, 0.1) is 18.2 Å². The third-order valence-electron chi connectivity index (χ3n) is 7.85. The number of hydrogen-bond donors (Lipinski definition) is 2. The molecule has 6 rings (SSSR count). The first-order chi connectivity index (χ1) is 17.3. The Bertz CT molecular complexity index is 1320. The Hall–Kier alpha value is -3.31. The van der Waals surface area contributed by atoms with Crippen molar-refractivity contribution in [3.8, 4) is 5.75 Å². The van der Waals surface area contributed by atoms with Gasteiger partial charge >= 0.3 is 0 Å². The van der Waals surface area contributed by atoms with Crippen LogP contribution < -0.4 is 10.7 Å². The molecule has 2 N–H and O–H groups in total. The number of hydrogen-bond acceptors (Lipinski definition) is 6. The lowest BCUT2D eigenvalue weighted by molar-refractivity contribution is -0.132. The number of pyridine rings is 1. The topological polar surface area (TPSA) is 110 Å². The SMILES string of the molecule is O=C(NC1(c2ccc(F)cc2F)CCOCC1)c1cn2c(c(O)c1=O)C(=O)N1C3CCC(C3)OC1C2. The van der Waals surface area contributed by atoms with E-state index >= 15 is 0 Å². The number of ether oxygens (including phenoxy) is 2. The Morgan fingerprint density at radius 1 is 1.17 bits per heavy atom. The van der Waals surface area contributed by atoms with Crippen LogP contribution in [0.4, 0.5) is 8.78 Å². The molecule has 1 aromatic carbocycles. The standard InChI is InChI=1S/C25H25F2N3O6/c26-13-1-4-17(18(27)9-13)25(5-7-35-8-6-25)28-23(33)16-11-29-12-19-30(14-2-3-15(10-14)36-19)24(34)20(29)22(32)21(16)31/h1,4,9,11,14-15,19,32H,2-3,5-8,10,12H2,(H,28,33). The molecule has 9 nitrogen and oxygen atoms in total. The maximum atomic E-state index is 14.8. The summed E-state index contributed by atoms with van der Waals surface area (Å²) in [6.45, 7) is 0.599. The first-order valence-corrected chi connectivity index (χ1v) is 12.1. The minimum atomic E-state index is -1.24. The number of halogens is 2. The third-order valence-corrected chi connectivity index (χ3v) is 7.85. The highest BCUT2D eigenvalue weighted by molar-refractivity contribution is 5.99. The van der Waals surface area contributed by atoms with E-state index in [2.05, 4.69) is 5.32 Å². The molecule has 1 aliphatic carbocycles. The fraction of sp³-hybridized carbons (Fsp3) is 0.480. The lowest BCUT2D eigenvalue weighted by Crippen LogP contribution is -2.57. The summed E-state index contributed by atoms with van der Waals surface area (Å²) in [5.41, 5.74) is -2.71. The minimum Gasteiger partial charge on any atom is -0.503 e. The van der Waals surface area contributed by atoms with E-state index in [1.807, 2.05) is 0 Å². The van der Waals surface area contributed by atoms with Crippen LogP contribution in [0, 0.1) is 11.6 Å². The molecule has 3 atom stereocenters. The molecule has 0 radical (unpaired) electrons. The molecule has 190 valence electrons. The van der Waals surface area contributed by atoms with Crippen LogP contribution in [0.5, 0.6) is 5.75 Å². The summed E-state index contributed by atoms with van der Waals surface area (Å²) in [6.07, 6.45) is 3.51. The molecule has 2 bridgehead atoms. The summed E-state index contributed by atoms with van der Waals surface area (Å²) < 4.78 is 41.1. The van der Waals surface area contributed by atoms with Crippen LogP contribution in [0.25, 0.3) is 0 Å². The number of benzene rings is 1. The van der Waals surface area contributed by atoms with Gasteiger partial charge in [-0.2, -0.15) is 0 Å². The maximum absolute atomic E-state index is 14.8. The highest BCUT2D eigenvalue weighted by Gasteiger charge is 2.48. The van der Waals surface area contributed by atoms with Crippen molar-refractivity contribution in [1.82, 2.24) is 14.8 Å². The predicted molar refractivity (Wildman–Crippen MR) is 120 cm³/mol. The minimum absolute atomic E-state index is 0.00791. The fourth-order valence-electron chi connectivity index (χ4n) is 6.06. The zero-order valence-corrected chi connectivity index (χ0v) is 19.3. The van der Waals surface area contributed by atoms with Crippen LogP contribution in [0.2, 0.25) is 0 Å². The van der Waals surface area contributed by atoms with Crippen molar-refractivity contribution in [1.29, 1.82) is 0 Å². The van der Waals surface area contributed by atoms with E-state index in [4.69, 9.17) is 9.47 Å². The molecule has 3 fully saturated rings. The number of fused-ring (bicyclic) bond motifs is 5. The molecule has 3 unspecified atom stereocenters. The van der Waals surface area contributed by atoms with E-state index in [1.54, 1.807) is 4.90 Å². The second-order valence-corrected chi connectivity index (χ2v) is 9.89. The summed E-state index contributed by atoms with van der Waals surface area (Å²) in [5, 5.41) is 13.5. The van der Waals surface area contributed by atoms with Gasteiger partial charge in [-0.15, -0.1) is 0 Å². The summed E-state index contributed by atoms with van der Waals surface area (Å²) >= 11 is 0. The molecule has 4 aliphatic rings. The number of nitrogens with one attached hydrogen (secondary N) is 1. The van der Waals surface area contributed by atoms with Gasteiger partial charge in [0.25, 0.3) is 11.8 Å². The van der Waals surface area contributed by atoms with Gasteiger partial charge in [0.2, 0.25) is 5.43 Å². The molecule has 36 heavy (non-hydrogen) atoms. The van der Waals surface area contributed by atoms with Crippen LogP contribution in [0.1, 0.15) is 58.5 Å². The molecule has 0 spiro atoms. The smallest absolute Gasteiger partial charge is 0.276 e. The quantitative estimate of drug-likeness (QED) is 0.666. The number of aromatic nitrogens is 1. The number of carbonyl (C=O) groups is 2. The second kappa shape index (κ2) is 8.38. The summed E-state index contributed by atoms with van der Waals surface area (Å²) in [4.78, 5) is 41.3. The normalized spacial score (nSPS) is 26.3. The molecular formula is C25H25F2N3O6. The van der Waals surface area contributed by atoms with E-state index in [-0.39, 0.29) is 61.6 Å². The largest absolute Gasteiger partial charge is 0.503 e. The van der Waals surface area contributed by atoms with Crippen LogP contribution in [0.3, 0.4) is 0 Å². The fourth-order valence-corrected chi connectivity index (χ4v) is 6.06. The van der Waals surface area contributed by atoms with Crippen molar-refractivity contribution >= 4 is 11.8 Å². The van der Waals surface area contributed by atoms with Gasteiger partial charge in [0.15, 0.2) is 17.7 Å². The molecular weight excluding hydrogens is 476 g/mol. The Kier molecular flexibility index (Phi) is 5.38. The highest BCUT2D eigenvalue weighted by atomic mass is 19.1. The van der Waals surface area contributed by atoms with E-state index < -0.39 is 46.4 Å². The van der Waals surface area contributed by atoms with Crippen LogP contribution in [-0.2, 0) is 21.6 Å². The second-order valence-electron chi connectivity index (χ2n) is 9.89. The van der Waals surface area contributed by atoms with Gasteiger partial charge < -0.3 is 29.4 Å². The lowest BCUT2D eigenvalue weighted by atomic mass is 9.82. The molecule has 2 saturated heterocycles. The molecule has 11 heteroatoms. The highest BCUT2D eigenvalue weighted by Crippen LogP contribution is 2.39. The van der Waals surface area contributed by atoms with Crippen molar-refractivity contribution < 1.29 is 33.0 Å². The van der Waals surface area contributed by atoms with Crippen molar-refractivity contribution in [2.75, 3.05) is 13.2 Å². The lowest BCUT2D eigenvalue weighted by Gasteiger charge is -2.44. The van der Waals surface area contributed by atoms with Gasteiger partial charge in [-0.25, -0.2) is 8.78 Å². The van der Waals surface area contributed by atoms with Gasteiger partial charge in [0, 0.05) is 37.1 Å². The molecule has 3 aliphatic heterocycles. The number of carbonyl (C=O) groups excluding carboxylic acids is 2. The number of rotatable bonds is 3. The predicted octanol–water partition coefficient (Wildman–Crippen LogP) is 2.00. The molecule has 2 aromatic rings. The number of amides is 2. The zero-order valence-electron chi connectivity index (χ0n) is 19.3. The zero-order chi connectivity index (χ0) is 25.2. The summed E-state index contributed by atoms with van der Waals surface area (Å²) in [5.74, 6) is -3.72. The Balaban J connectivity index is 1.37. The van der Waals surface area contributed by atoms with E-state index in [1.165, 1.54) is 16.8 Å². The van der Waals surface area contributed by atoms with E-state index in [0.29, 0.717) is 0 Å². The Morgan fingerprint density at radius 3 is 2.69 bits per heavy atom. The van der Waals surface area contributed by atoms with Gasteiger partial charge in [-0.3, -0.25) is 14.4 Å². The van der Waals surface area contributed by atoms with Crippen LogP contribution in [0.15, 0.2) is 29.2 Å². The maximum Gasteiger partial charge on any atom is 0.276 e. The average molecular weight is 501 g/mol. The monoisotopic (exact) mass is 501 g/mol. The first-order valence-electron chi connectivity index (χ1n) is 12.1. The molecule has 1 saturated carbocycles. The van der Waals surface area contributed by atoms with Gasteiger partial charge in [0.1, 0.15) is 17.2 Å². The Morgan fingerprint density at radius 2 is 1.94 bits per heavy atom. The summed E-state index contributed by atoms with van der Waals surface area (Å²) in [6, 6.07) is 3.12. The molecule has 1 aromatic heterocycles. The molecule has 2 amide bonds. The average Bonchev–Trinajstić information content (AvgIpc) is 3.22.